The van der Waals surface area contributed by atoms with Crippen molar-refractivity contribution in [3.63, 3.8) is 0 Å². The second kappa shape index (κ2) is 12.1. The molecule has 31 heavy (non-hydrogen) atoms. The number of aryl methyl sites for hydroxylation is 1. The fraction of sp³-hybridized carbons (Fsp3) is 0.609. The van der Waals surface area contributed by atoms with Crippen molar-refractivity contribution in [3.8, 4) is 0 Å². The van der Waals surface area contributed by atoms with E-state index in [2.05, 4.69) is 26.6 Å². The number of carbonyl (C=O) groups excluding carboxylic acids is 3. The van der Waals surface area contributed by atoms with E-state index in [0.717, 1.165) is 22.9 Å². The molecule has 7 nitrogen and oxygen atoms in total. The number of benzene rings is 1. The van der Waals surface area contributed by atoms with E-state index in [1.807, 2.05) is 29.2 Å². The van der Waals surface area contributed by atoms with Crippen molar-refractivity contribution in [3.05, 3.63) is 34.3 Å². The number of rotatable bonds is 8. The molecular formula is C23H34BrN3O4. The zero-order valence-corrected chi connectivity index (χ0v) is 20.3. The van der Waals surface area contributed by atoms with Crippen LogP contribution < -0.4 is 10.6 Å². The average Bonchev–Trinajstić information content (AvgIpc) is 2.70. The normalized spacial score (nSPS) is 14.8. The van der Waals surface area contributed by atoms with E-state index < -0.39 is 11.7 Å². The standard InChI is InChI=1S/C23H34BrN3O4/c1-23(2,3)31-22(30)25-13-10-21(29)27-14-11-17(12-15-27)16-26-20(28)9-8-18-6-4-5-7-19(18)24/h4-7,17H,8-16H2,1-3H3,(H,25,30)(H,26,28). The van der Waals surface area contributed by atoms with Gasteiger partial charge in [0.15, 0.2) is 0 Å². The summed E-state index contributed by atoms with van der Waals surface area (Å²) in [5.74, 6) is 0.478. The van der Waals surface area contributed by atoms with Crippen LogP contribution in [0.4, 0.5) is 4.79 Å². The van der Waals surface area contributed by atoms with Gasteiger partial charge in [0.1, 0.15) is 5.60 Å². The Morgan fingerprint density at radius 3 is 2.42 bits per heavy atom. The summed E-state index contributed by atoms with van der Waals surface area (Å²) in [7, 11) is 0. The van der Waals surface area contributed by atoms with Crippen LogP contribution in [0.3, 0.4) is 0 Å². The molecule has 0 radical (unpaired) electrons. The van der Waals surface area contributed by atoms with Crippen LogP contribution in [0.2, 0.25) is 0 Å². The maximum Gasteiger partial charge on any atom is 0.407 e. The molecule has 2 N–H and O–H groups in total. The van der Waals surface area contributed by atoms with Gasteiger partial charge in [-0.1, -0.05) is 34.1 Å². The van der Waals surface area contributed by atoms with Gasteiger partial charge in [0.25, 0.3) is 0 Å². The molecule has 0 atom stereocenters. The van der Waals surface area contributed by atoms with E-state index >= 15 is 0 Å². The average molecular weight is 496 g/mol. The Bertz CT molecular complexity index is 755. The van der Waals surface area contributed by atoms with Crippen LogP contribution in [0.15, 0.2) is 28.7 Å². The summed E-state index contributed by atoms with van der Waals surface area (Å²) >= 11 is 3.51. The van der Waals surface area contributed by atoms with Gasteiger partial charge in [0.2, 0.25) is 11.8 Å². The number of likely N-dealkylation sites (tertiary alicyclic amines) is 1. The Morgan fingerprint density at radius 1 is 1.10 bits per heavy atom. The van der Waals surface area contributed by atoms with E-state index in [-0.39, 0.29) is 24.8 Å². The molecule has 1 saturated heterocycles. The highest BCUT2D eigenvalue weighted by Crippen LogP contribution is 2.19. The molecular weight excluding hydrogens is 462 g/mol. The second-order valence-corrected chi connectivity index (χ2v) is 9.75. The molecule has 8 heteroatoms. The number of hydrogen-bond donors (Lipinski definition) is 2. The van der Waals surface area contributed by atoms with Gasteiger partial charge >= 0.3 is 6.09 Å². The van der Waals surface area contributed by atoms with Gasteiger partial charge in [-0.25, -0.2) is 4.79 Å². The molecule has 0 aliphatic carbocycles. The van der Waals surface area contributed by atoms with Crippen molar-refractivity contribution in [2.75, 3.05) is 26.2 Å². The van der Waals surface area contributed by atoms with E-state index in [1.54, 1.807) is 20.8 Å². The Balaban J connectivity index is 1.59. The van der Waals surface area contributed by atoms with Crippen molar-refractivity contribution < 1.29 is 19.1 Å². The minimum Gasteiger partial charge on any atom is -0.444 e. The van der Waals surface area contributed by atoms with Crippen molar-refractivity contribution in [2.24, 2.45) is 5.92 Å². The largest absolute Gasteiger partial charge is 0.444 e. The number of amides is 3. The van der Waals surface area contributed by atoms with Gasteiger partial charge in [-0.2, -0.15) is 0 Å². The molecule has 1 aromatic rings. The molecule has 1 heterocycles. The van der Waals surface area contributed by atoms with Crippen molar-refractivity contribution in [1.29, 1.82) is 0 Å². The quantitative estimate of drug-likeness (QED) is 0.575. The lowest BCUT2D eigenvalue weighted by molar-refractivity contribution is -0.132. The second-order valence-electron chi connectivity index (χ2n) is 8.90. The van der Waals surface area contributed by atoms with Gasteiger partial charge in [-0.05, 0) is 57.6 Å². The molecule has 1 aromatic carbocycles. The third kappa shape index (κ3) is 9.72. The fourth-order valence-corrected chi connectivity index (χ4v) is 3.91. The molecule has 0 bridgehead atoms. The van der Waals surface area contributed by atoms with E-state index in [9.17, 15) is 14.4 Å². The number of nitrogens with zero attached hydrogens (tertiary/aromatic N) is 1. The lowest BCUT2D eigenvalue weighted by atomic mass is 9.96. The summed E-state index contributed by atoms with van der Waals surface area (Å²) in [4.78, 5) is 38.0. The summed E-state index contributed by atoms with van der Waals surface area (Å²) in [6.45, 7) is 7.68. The Hall–Kier alpha value is -2.09. The van der Waals surface area contributed by atoms with Crippen molar-refractivity contribution >= 4 is 33.8 Å². The number of ether oxygens (including phenoxy) is 1. The van der Waals surface area contributed by atoms with Crippen LogP contribution in [0.25, 0.3) is 0 Å². The van der Waals surface area contributed by atoms with Crippen molar-refractivity contribution in [1.82, 2.24) is 15.5 Å². The summed E-state index contributed by atoms with van der Waals surface area (Å²) in [6, 6.07) is 7.94. The molecule has 0 spiro atoms. The molecule has 0 saturated carbocycles. The number of nitrogens with one attached hydrogen (secondary N) is 2. The molecule has 2 rings (SSSR count). The predicted octanol–water partition coefficient (Wildman–Crippen LogP) is 3.65. The highest BCUT2D eigenvalue weighted by molar-refractivity contribution is 9.10. The third-order valence-electron chi connectivity index (χ3n) is 5.14. The molecule has 3 amide bonds. The van der Waals surface area contributed by atoms with E-state index in [0.29, 0.717) is 38.4 Å². The summed E-state index contributed by atoms with van der Waals surface area (Å²) in [5, 5.41) is 5.65. The Morgan fingerprint density at radius 2 is 1.77 bits per heavy atom. The predicted molar refractivity (Wildman–Crippen MR) is 124 cm³/mol. The maximum absolute atomic E-state index is 12.3. The van der Waals surface area contributed by atoms with Crippen LogP contribution in [0, 0.1) is 5.92 Å². The minimum absolute atomic E-state index is 0.0342. The molecule has 1 fully saturated rings. The molecule has 0 unspecified atom stereocenters. The van der Waals surface area contributed by atoms with Crippen molar-refractivity contribution in [2.45, 2.75) is 58.5 Å². The number of hydrogen-bond acceptors (Lipinski definition) is 4. The molecule has 1 aliphatic rings. The SMILES string of the molecule is CC(C)(C)OC(=O)NCCC(=O)N1CCC(CNC(=O)CCc2ccccc2Br)CC1. The van der Waals surface area contributed by atoms with Crippen LogP contribution in [0.5, 0.6) is 0 Å². The van der Waals surface area contributed by atoms with Gasteiger partial charge < -0.3 is 20.3 Å². The minimum atomic E-state index is -0.552. The molecule has 0 aromatic heterocycles. The van der Waals surface area contributed by atoms with Gasteiger partial charge in [0, 0.05) is 43.5 Å². The van der Waals surface area contributed by atoms with Crippen LogP contribution >= 0.6 is 15.9 Å². The van der Waals surface area contributed by atoms with E-state index in [1.165, 1.54) is 0 Å². The Kier molecular flexibility index (Phi) is 9.81. The van der Waals surface area contributed by atoms with Crippen LogP contribution in [0.1, 0.15) is 52.0 Å². The van der Waals surface area contributed by atoms with Gasteiger partial charge in [-0.15, -0.1) is 0 Å². The Labute approximate surface area is 193 Å². The topological polar surface area (TPSA) is 87.7 Å². The monoisotopic (exact) mass is 495 g/mol. The smallest absolute Gasteiger partial charge is 0.407 e. The maximum atomic E-state index is 12.3. The third-order valence-corrected chi connectivity index (χ3v) is 5.92. The molecule has 1 aliphatic heterocycles. The first-order valence-corrected chi connectivity index (χ1v) is 11.7. The van der Waals surface area contributed by atoms with Crippen LogP contribution in [-0.4, -0.2) is 54.6 Å². The first-order valence-electron chi connectivity index (χ1n) is 10.9. The highest BCUT2D eigenvalue weighted by atomic mass is 79.9. The first-order chi connectivity index (χ1) is 14.6. The number of carbonyl (C=O) groups is 3. The first kappa shape index (κ1) is 25.2. The zero-order chi connectivity index (χ0) is 22.9. The molecule has 172 valence electrons. The number of alkyl carbamates (subject to hydrolysis) is 1. The summed E-state index contributed by atoms with van der Waals surface area (Å²) in [5.41, 5.74) is 0.578. The summed E-state index contributed by atoms with van der Waals surface area (Å²) in [6.07, 6.45) is 2.66. The lowest BCUT2D eigenvalue weighted by Gasteiger charge is -2.32. The number of piperidine rings is 1. The highest BCUT2D eigenvalue weighted by Gasteiger charge is 2.23. The fourth-order valence-electron chi connectivity index (χ4n) is 3.43. The van der Waals surface area contributed by atoms with Crippen LogP contribution in [-0.2, 0) is 20.7 Å². The lowest BCUT2D eigenvalue weighted by Crippen LogP contribution is -2.42. The van der Waals surface area contributed by atoms with E-state index in [4.69, 9.17) is 4.74 Å². The van der Waals surface area contributed by atoms with Gasteiger partial charge in [0.05, 0.1) is 0 Å². The zero-order valence-electron chi connectivity index (χ0n) is 18.7. The van der Waals surface area contributed by atoms with Gasteiger partial charge in [-0.3, -0.25) is 9.59 Å². The summed E-state index contributed by atoms with van der Waals surface area (Å²) < 4.78 is 6.19. The number of halogens is 1.